The van der Waals surface area contributed by atoms with Gasteiger partial charge in [0.1, 0.15) is 16.7 Å². The van der Waals surface area contributed by atoms with Crippen LogP contribution in [0.1, 0.15) is 12.0 Å². The molecule has 0 unspecified atom stereocenters. The summed E-state index contributed by atoms with van der Waals surface area (Å²) in [4.78, 5) is 27.9. The van der Waals surface area contributed by atoms with Crippen LogP contribution in [0.5, 0.6) is 0 Å². The van der Waals surface area contributed by atoms with Gasteiger partial charge in [-0.25, -0.2) is 4.39 Å². The maximum atomic E-state index is 12.9. The Bertz CT molecular complexity index is 690. The van der Waals surface area contributed by atoms with Crippen molar-refractivity contribution in [2.24, 2.45) is 0 Å². The average molecular weight is 382 g/mol. The minimum Gasteiger partial charge on any atom is -0.464 e. The normalized spacial score (nSPS) is 16.2. The second-order valence-electron chi connectivity index (χ2n) is 5.66. The lowest BCUT2D eigenvalue weighted by Crippen LogP contribution is -2.31. The first-order chi connectivity index (χ1) is 11.9. The number of rotatable bonds is 7. The Morgan fingerprint density at radius 1 is 1.36 bits per heavy atom. The van der Waals surface area contributed by atoms with E-state index in [4.69, 9.17) is 17.0 Å². The second-order valence-corrected chi connectivity index (χ2v) is 7.33. The summed E-state index contributed by atoms with van der Waals surface area (Å²) in [5.74, 6) is -0.948. The SMILES string of the molecule is CN(C)CCOC(=O)CCN1C(=O)C(=Cc2ccc(F)cc2)SC1=S. The Labute approximate surface area is 155 Å². The highest BCUT2D eigenvalue weighted by Crippen LogP contribution is 2.32. The van der Waals surface area contributed by atoms with Gasteiger partial charge in [0.15, 0.2) is 0 Å². The molecule has 0 spiro atoms. The number of hydrogen-bond donors (Lipinski definition) is 0. The van der Waals surface area contributed by atoms with Gasteiger partial charge in [0, 0.05) is 13.1 Å². The van der Waals surface area contributed by atoms with Crippen LogP contribution in [0.25, 0.3) is 6.08 Å². The number of nitrogens with zero attached hydrogens (tertiary/aromatic N) is 2. The fourth-order valence-corrected chi connectivity index (χ4v) is 3.33. The van der Waals surface area contributed by atoms with Gasteiger partial charge in [-0.15, -0.1) is 0 Å². The maximum Gasteiger partial charge on any atom is 0.307 e. The molecular weight excluding hydrogens is 363 g/mol. The van der Waals surface area contributed by atoms with Gasteiger partial charge in [-0.1, -0.05) is 36.1 Å². The van der Waals surface area contributed by atoms with E-state index in [-0.39, 0.29) is 30.7 Å². The number of thiocarbonyl (C=S) groups is 1. The highest BCUT2D eigenvalue weighted by atomic mass is 32.2. The number of carbonyl (C=O) groups excluding carboxylic acids is 2. The molecule has 0 saturated carbocycles. The largest absolute Gasteiger partial charge is 0.464 e. The number of ether oxygens (including phenoxy) is 1. The minimum atomic E-state index is -0.363. The molecule has 1 aliphatic rings. The van der Waals surface area contributed by atoms with Gasteiger partial charge >= 0.3 is 5.97 Å². The molecule has 25 heavy (non-hydrogen) atoms. The first-order valence-corrected chi connectivity index (χ1v) is 8.90. The van der Waals surface area contributed by atoms with Crippen molar-refractivity contribution in [3.8, 4) is 0 Å². The Morgan fingerprint density at radius 2 is 2.04 bits per heavy atom. The molecule has 1 heterocycles. The van der Waals surface area contributed by atoms with Crippen LogP contribution >= 0.6 is 24.0 Å². The number of carbonyl (C=O) groups is 2. The van der Waals surface area contributed by atoms with E-state index in [1.807, 2.05) is 19.0 Å². The Hall–Kier alpha value is -1.77. The van der Waals surface area contributed by atoms with Crippen molar-refractivity contribution in [2.75, 3.05) is 33.8 Å². The van der Waals surface area contributed by atoms with Crippen LogP contribution in [-0.4, -0.2) is 59.8 Å². The highest BCUT2D eigenvalue weighted by molar-refractivity contribution is 8.26. The van der Waals surface area contributed by atoms with Crippen LogP contribution in [0.4, 0.5) is 4.39 Å². The zero-order valence-corrected chi connectivity index (χ0v) is 15.7. The van der Waals surface area contributed by atoms with Crippen LogP contribution < -0.4 is 0 Å². The van der Waals surface area contributed by atoms with Crippen molar-refractivity contribution in [1.82, 2.24) is 9.80 Å². The molecule has 5 nitrogen and oxygen atoms in total. The van der Waals surface area contributed by atoms with Gasteiger partial charge < -0.3 is 9.64 Å². The summed E-state index contributed by atoms with van der Waals surface area (Å²) in [6.45, 7) is 1.15. The highest BCUT2D eigenvalue weighted by Gasteiger charge is 2.32. The monoisotopic (exact) mass is 382 g/mol. The van der Waals surface area contributed by atoms with E-state index in [1.165, 1.54) is 28.8 Å². The van der Waals surface area contributed by atoms with Gasteiger partial charge in [-0.05, 0) is 37.9 Å². The van der Waals surface area contributed by atoms with E-state index in [0.29, 0.717) is 27.9 Å². The topological polar surface area (TPSA) is 49.9 Å². The zero-order chi connectivity index (χ0) is 18.4. The lowest BCUT2D eigenvalue weighted by Gasteiger charge is -2.14. The molecule has 0 bridgehead atoms. The maximum absolute atomic E-state index is 12.9. The Kier molecular flexibility index (Phi) is 7.10. The Morgan fingerprint density at radius 3 is 2.68 bits per heavy atom. The van der Waals surface area contributed by atoms with Gasteiger partial charge in [-0.2, -0.15) is 0 Å². The lowest BCUT2D eigenvalue weighted by molar-refractivity contribution is -0.144. The molecule has 0 atom stereocenters. The third kappa shape index (κ3) is 5.91. The predicted octanol–water partition coefficient (Wildman–Crippen LogP) is 2.52. The molecular formula is C17H19FN2O3S2. The van der Waals surface area contributed by atoms with Crippen LogP contribution in [0.15, 0.2) is 29.2 Å². The quantitative estimate of drug-likeness (QED) is 0.410. The van der Waals surface area contributed by atoms with E-state index < -0.39 is 0 Å². The number of esters is 1. The molecule has 1 amide bonds. The van der Waals surface area contributed by atoms with Crippen molar-refractivity contribution in [2.45, 2.75) is 6.42 Å². The van der Waals surface area contributed by atoms with Crippen LogP contribution in [0, 0.1) is 5.82 Å². The fraction of sp³-hybridized carbons (Fsp3) is 0.353. The third-order valence-corrected chi connectivity index (χ3v) is 4.76. The number of hydrogen-bond acceptors (Lipinski definition) is 6. The van der Waals surface area contributed by atoms with Crippen molar-refractivity contribution >= 4 is 46.3 Å². The van der Waals surface area contributed by atoms with E-state index in [2.05, 4.69) is 0 Å². The second kappa shape index (κ2) is 9.07. The molecule has 134 valence electrons. The average Bonchev–Trinajstić information content (AvgIpc) is 2.81. The predicted molar refractivity (Wildman–Crippen MR) is 100 cm³/mol. The summed E-state index contributed by atoms with van der Waals surface area (Å²) in [7, 11) is 3.78. The van der Waals surface area contributed by atoms with Crippen molar-refractivity contribution < 1.29 is 18.7 Å². The fourth-order valence-electron chi connectivity index (χ4n) is 2.02. The van der Waals surface area contributed by atoms with E-state index >= 15 is 0 Å². The molecule has 8 heteroatoms. The molecule has 0 aromatic heterocycles. The minimum absolute atomic E-state index is 0.0870. The summed E-state index contributed by atoms with van der Waals surface area (Å²) in [5, 5.41) is 0. The molecule has 0 N–H and O–H groups in total. The number of amides is 1. The van der Waals surface area contributed by atoms with E-state index in [1.54, 1.807) is 18.2 Å². The number of thioether (sulfide) groups is 1. The summed E-state index contributed by atoms with van der Waals surface area (Å²) < 4.78 is 18.4. The molecule has 1 saturated heterocycles. The molecule has 0 radical (unpaired) electrons. The first-order valence-electron chi connectivity index (χ1n) is 7.68. The number of benzene rings is 1. The first kappa shape index (κ1) is 19.6. The molecule has 2 rings (SSSR count). The van der Waals surface area contributed by atoms with Crippen molar-refractivity contribution in [1.29, 1.82) is 0 Å². The van der Waals surface area contributed by atoms with Gasteiger partial charge in [0.25, 0.3) is 5.91 Å². The van der Waals surface area contributed by atoms with Crippen LogP contribution in [0.3, 0.4) is 0 Å². The lowest BCUT2D eigenvalue weighted by atomic mass is 10.2. The number of likely N-dealkylation sites (N-methyl/N-ethyl adjacent to an activating group) is 1. The van der Waals surface area contributed by atoms with Gasteiger partial charge in [-0.3, -0.25) is 14.5 Å². The molecule has 1 fully saturated rings. The summed E-state index contributed by atoms with van der Waals surface area (Å²) in [6, 6.07) is 5.83. The summed E-state index contributed by atoms with van der Waals surface area (Å²) in [5.41, 5.74) is 0.713. The molecule has 1 aliphatic heterocycles. The third-order valence-electron chi connectivity index (χ3n) is 3.38. The molecule has 1 aromatic rings. The van der Waals surface area contributed by atoms with Gasteiger partial charge in [0.05, 0.1) is 11.3 Å². The van der Waals surface area contributed by atoms with E-state index in [0.717, 1.165) is 0 Å². The molecule has 0 aliphatic carbocycles. The molecule has 1 aromatic carbocycles. The Balaban J connectivity index is 1.90. The van der Waals surface area contributed by atoms with Crippen molar-refractivity contribution in [3.05, 3.63) is 40.6 Å². The van der Waals surface area contributed by atoms with Crippen LogP contribution in [-0.2, 0) is 14.3 Å². The smallest absolute Gasteiger partial charge is 0.307 e. The zero-order valence-electron chi connectivity index (χ0n) is 14.0. The summed E-state index contributed by atoms with van der Waals surface area (Å²) in [6.07, 6.45) is 1.75. The van der Waals surface area contributed by atoms with E-state index in [9.17, 15) is 14.0 Å². The van der Waals surface area contributed by atoms with Crippen molar-refractivity contribution in [3.63, 3.8) is 0 Å². The number of halogens is 1. The van der Waals surface area contributed by atoms with Gasteiger partial charge in [0.2, 0.25) is 0 Å². The standard InChI is InChI=1S/C17H19FN2O3S2/c1-19(2)9-10-23-15(21)7-8-20-16(22)14(25-17(20)24)11-12-3-5-13(18)6-4-12/h3-6,11H,7-10H2,1-2H3. The van der Waals surface area contributed by atoms with Crippen LogP contribution in [0.2, 0.25) is 0 Å². The summed E-state index contributed by atoms with van der Waals surface area (Å²) >= 11 is 6.38.